The molecule has 0 aliphatic carbocycles. The molecule has 1 fully saturated rings. The maximum atomic E-state index is 13.6. The van der Waals surface area contributed by atoms with Crippen LogP contribution in [0.25, 0.3) is 10.9 Å². The third kappa shape index (κ3) is 6.50. The Kier molecular flexibility index (Phi) is 8.24. The van der Waals surface area contributed by atoms with Gasteiger partial charge in [-0.15, -0.1) is 0 Å². The van der Waals surface area contributed by atoms with Crippen LogP contribution in [0.1, 0.15) is 6.42 Å². The molecule has 1 saturated heterocycles. The fourth-order valence-electron chi connectivity index (χ4n) is 3.85. The second kappa shape index (κ2) is 11.7. The maximum absolute atomic E-state index is 13.6. The van der Waals surface area contributed by atoms with Crippen molar-refractivity contribution in [2.75, 3.05) is 64.8 Å². The summed E-state index contributed by atoms with van der Waals surface area (Å²) in [5.74, 6) is 1.52. The van der Waals surface area contributed by atoms with Crippen LogP contribution in [-0.2, 0) is 0 Å². The molecule has 4 rings (SSSR count). The van der Waals surface area contributed by atoms with Crippen LogP contribution in [-0.4, -0.2) is 74.4 Å². The molecule has 8 nitrogen and oxygen atoms in total. The lowest BCUT2D eigenvalue weighted by Crippen LogP contribution is -2.35. The van der Waals surface area contributed by atoms with E-state index in [2.05, 4.69) is 30.8 Å². The number of anilines is 2. The molecule has 176 valence electrons. The SMILES string of the molecule is COc1cc2ncnc(Nc3cccc(F)c3)c2cc1OCCCN1CCNCCNCC1. The highest BCUT2D eigenvalue weighted by atomic mass is 19.1. The van der Waals surface area contributed by atoms with Gasteiger partial charge >= 0.3 is 0 Å². The van der Waals surface area contributed by atoms with Gasteiger partial charge in [-0.05, 0) is 30.7 Å². The van der Waals surface area contributed by atoms with Crippen molar-refractivity contribution in [3.63, 3.8) is 0 Å². The van der Waals surface area contributed by atoms with Gasteiger partial charge in [-0.1, -0.05) is 6.07 Å². The summed E-state index contributed by atoms with van der Waals surface area (Å²) in [4.78, 5) is 11.1. The summed E-state index contributed by atoms with van der Waals surface area (Å²) in [6.45, 7) is 7.64. The molecular weight excluding hydrogens is 423 g/mol. The summed E-state index contributed by atoms with van der Waals surface area (Å²) in [7, 11) is 1.62. The predicted molar refractivity (Wildman–Crippen MR) is 128 cm³/mol. The van der Waals surface area contributed by atoms with Crippen molar-refractivity contribution in [1.29, 1.82) is 0 Å². The second-order valence-electron chi connectivity index (χ2n) is 7.92. The second-order valence-corrected chi connectivity index (χ2v) is 7.92. The molecule has 0 amide bonds. The molecule has 0 unspecified atom stereocenters. The largest absolute Gasteiger partial charge is 0.493 e. The minimum absolute atomic E-state index is 0.314. The lowest BCUT2D eigenvalue weighted by molar-refractivity contribution is 0.233. The van der Waals surface area contributed by atoms with Gasteiger partial charge in [0.15, 0.2) is 11.5 Å². The number of hydrogen-bond donors (Lipinski definition) is 3. The first-order valence-corrected chi connectivity index (χ1v) is 11.3. The Morgan fingerprint density at radius 2 is 1.85 bits per heavy atom. The summed E-state index contributed by atoms with van der Waals surface area (Å²) in [5.41, 5.74) is 1.33. The van der Waals surface area contributed by atoms with E-state index < -0.39 is 0 Å². The topological polar surface area (TPSA) is 83.6 Å². The molecule has 33 heavy (non-hydrogen) atoms. The average Bonchev–Trinajstić information content (AvgIpc) is 2.96. The number of methoxy groups -OCH3 is 1. The molecule has 0 saturated carbocycles. The summed E-state index contributed by atoms with van der Waals surface area (Å²) < 4.78 is 25.2. The first kappa shape index (κ1) is 23.2. The summed E-state index contributed by atoms with van der Waals surface area (Å²) >= 11 is 0. The van der Waals surface area contributed by atoms with Crippen LogP contribution < -0.4 is 25.4 Å². The predicted octanol–water partition coefficient (Wildman–Crippen LogP) is 2.78. The molecule has 1 aliphatic heterocycles. The molecule has 0 radical (unpaired) electrons. The number of hydrogen-bond acceptors (Lipinski definition) is 8. The summed E-state index contributed by atoms with van der Waals surface area (Å²) in [6, 6.07) is 9.98. The zero-order valence-corrected chi connectivity index (χ0v) is 18.9. The van der Waals surface area contributed by atoms with Crippen LogP contribution in [0.5, 0.6) is 11.5 Å². The van der Waals surface area contributed by atoms with E-state index >= 15 is 0 Å². The quantitative estimate of drug-likeness (QED) is 0.448. The van der Waals surface area contributed by atoms with E-state index in [0.29, 0.717) is 35.1 Å². The van der Waals surface area contributed by atoms with E-state index in [1.807, 2.05) is 12.1 Å². The monoisotopic (exact) mass is 454 g/mol. The normalized spacial score (nSPS) is 15.5. The van der Waals surface area contributed by atoms with E-state index in [9.17, 15) is 4.39 Å². The molecule has 1 aliphatic rings. The van der Waals surface area contributed by atoms with Crippen molar-refractivity contribution in [2.24, 2.45) is 0 Å². The minimum Gasteiger partial charge on any atom is -0.493 e. The van der Waals surface area contributed by atoms with Crippen molar-refractivity contribution in [1.82, 2.24) is 25.5 Å². The number of fused-ring (bicyclic) bond motifs is 1. The fraction of sp³-hybridized carbons (Fsp3) is 0.417. The molecule has 3 N–H and O–H groups in total. The number of nitrogens with one attached hydrogen (secondary N) is 3. The Balaban J connectivity index is 1.44. The Labute approximate surface area is 193 Å². The summed E-state index contributed by atoms with van der Waals surface area (Å²) in [5, 5.41) is 10.8. The average molecular weight is 455 g/mol. The Morgan fingerprint density at radius 1 is 1.03 bits per heavy atom. The number of aromatic nitrogens is 2. The first-order chi connectivity index (χ1) is 16.2. The summed E-state index contributed by atoms with van der Waals surface area (Å²) in [6.07, 6.45) is 2.38. The highest BCUT2D eigenvalue weighted by molar-refractivity contribution is 5.93. The van der Waals surface area contributed by atoms with E-state index in [1.54, 1.807) is 19.2 Å². The molecule has 2 aromatic carbocycles. The smallest absolute Gasteiger partial charge is 0.162 e. The van der Waals surface area contributed by atoms with Gasteiger partial charge in [0.05, 0.1) is 19.2 Å². The van der Waals surface area contributed by atoms with Gasteiger partial charge in [0.1, 0.15) is 18.0 Å². The molecule has 0 spiro atoms. The molecule has 0 bridgehead atoms. The van der Waals surface area contributed by atoms with Crippen molar-refractivity contribution in [3.8, 4) is 11.5 Å². The maximum Gasteiger partial charge on any atom is 0.162 e. The van der Waals surface area contributed by atoms with E-state index in [1.165, 1.54) is 18.5 Å². The number of ether oxygens (including phenoxy) is 2. The standard InChI is InChI=1S/C24H31FN6O2/c1-32-22-16-21-20(24(29-17-28-21)30-19-5-2-4-18(25)14-19)15-23(22)33-13-3-10-31-11-8-26-6-7-27-9-12-31/h2,4-5,14-17,26-27H,3,6-13H2,1H3,(H,28,29,30). The van der Waals surface area contributed by atoms with Crippen LogP contribution in [0.4, 0.5) is 15.9 Å². The van der Waals surface area contributed by atoms with E-state index in [-0.39, 0.29) is 5.82 Å². The van der Waals surface area contributed by atoms with Gasteiger partial charge in [-0.25, -0.2) is 14.4 Å². The fourth-order valence-corrected chi connectivity index (χ4v) is 3.85. The lowest BCUT2D eigenvalue weighted by Gasteiger charge is -2.21. The zero-order valence-electron chi connectivity index (χ0n) is 18.9. The number of nitrogens with zero attached hydrogens (tertiary/aromatic N) is 3. The Morgan fingerprint density at radius 3 is 2.61 bits per heavy atom. The first-order valence-electron chi connectivity index (χ1n) is 11.3. The third-order valence-electron chi connectivity index (χ3n) is 5.57. The van der Waals surface area contributed by atoms with Crippen LogP contribution in [0, 0.1) is 5.82 Å². The van der Waals surface area contributed by atoms with E-state index in [4.69, 9.17) is 9.47 Å². The van der Waals surface area contributed by atoms with Crippen molar-refractivity contribution >= 4 is 22.4 Å². The number of halogens is 1. The zero-order chi connectivity index (χ0) is 22.9. The molecule has 3 aromatic rings. The van der Waals surface area contributed by atoms with Crippen molar-refractivity contribution in [3.05, 3.63) is 48.5 Å². The Hall–Kier alpha value is -3.01. The molecular formula is C24H31FN6O2. The van der Waals surface area contributed by atoms with Gasteiger partial charge < -0.3 is 30.3 Å². The lowest BCUT2D eigenvalue weighted by atomic mass is 10.2. The van der Waals surface area contributed by atoms with Gasteiger partial charge in [0, 0.05) is 63.0 Å². The number of benzene rings is 2. The van der Waals surface area contributed by atoms with Gasteiger partial charge in [0.2, 0.25) is 0 Å². The highest BCUT2D eigenvalue weighted by Crippen LogP contribution is 2.34. The van der Waals surface area contributed by atoms with Crippen LogP contribution in [0.2, 0.25) is 0 Å². The van der Waals surface area contributed by atoms with Gasteiger partial charge in [-0.3, -0.25) is 0 Å². The minimum atomic E-state index is -0.314. The third-order valence-corrected chi connectivity index (χ3v) is 5.57. The molecule has 9 heteroatoms. The number of rotatable bonds is 8. The molecule has 0 atom stereocenters. The van der Waals surface area contributed by atoms with Crippen LogP contribution in [0.3, 0.4) is 0 Å². The van der Waals surface area contributed by atoms with Crippen LogP contribution >= 0.6 is 0 Å². The van der Waals surface area contributed by atoms with E-state index in [0.717, 1.165) is 57.6 Å². The van der Waals surface area contributed by atoms with Crippen LogP contribution in [0.15, 0.2) is 42.7 Å². The van der Waals surface area contributed by atoms with Crippen molar-refractivity contribution in [2.45, 2.75) is 6.42 Å². The van der Waals surface area contributed by atoms with Gasteiger partial charge in [0.25, 0.3) is 0 Å². The molecule has 2 heterocycles. The highest BCUT2D eigenvalue weighted by Gasteiger charge is 2.13. The van der Waals surface area contributed by atoms with Gasteiger partial charge in [-0.2, -0.15) is 0 Å². The Bertz CT molecular complexity index is 1040. The van der Waals surface area contributed by atoms with Crippen molar-refractivity contribution < 1.29 is 13.9 Å². The molecule has 1 aromatic heterocycles.